The molecule has 0 aliphatic carbocycles. The van der Waals surface area contributed by atoms with Gasteiger partial charge in [-0.25, -0.2) is 0 Å². The third kappa shape index (κ3) is 50.9. The second-order valence-corrected chi connectivity index (χ2v) is 17.0. The Hall–Kier alpha value is -3.93. The van der Waals surface area contributed by atoms with Crippen molar-refractivity contribution in [2.75, 3.05) is 13.2 Å². The number of rotatable bonds is 46. The molecular weight excluding hydrogens is 805 g/mol. The molecule has 1 unspecified atom stereocenters. The van der Waals surface area contributed by atoms with Crippen LogP contribution in [0.2, 0.25) is 0 Å². The van der Waals surface area contributed by atoms with Crippen molar-refractivity contribution in [2.24, 2.45) is 0 Å². The Kier molecular flexibility index (Phi) is 49.5. The van der Waals surface area contributed by atoms with E-state index in [9.17, 15) is 14.4 Å². The third-order valence-electron chi connectivity index (χ3n) is 10.8. The summed E-state index contributed by atoms with van der Waals surface area (Å²) in [6.07, 6.45) is 70.8. The predicted octanol–water partition coefficient (Wildman–Crippen LogP) is 17.5. The number of esters is 3. The van der Waals surface area contributed by atoms with Crippen LogP contribution in [0.1, 0.15) is 226 Å². The van der Waals surface area contributed by atoms with Gasteiger partial charge in [-0.15, -0.1) is 0 Å². The van der Waals surface area contributed by atoms with E-state index in [-0.39, 0.29) is 31.1 Å². The second kappa shape index (κ2) is 52.7. The highest BCUT2D eigenvalue weighted by molar-refractivity contribution is 5.71. The smallest absolute Gasteiger partial charge is 0.306 e. The minimum atomic E-state index is -0.797. The zero-order valence-corrected chi connectivity index (χ0v) is 42.0. The van der Waals surface area contributed by atoms with Crippen LogP contribution in [0.25, 0.3) is 0 Å². The SMILES string of the molecule is CC/C=C\C/C=C\C/C=C\C/C=C\C/C=C\C/C=C\CCCCCCC(=O)OCC(COC(=O)CCCCCCCCCCC)OC(=O)CCCCCCC/C=C\C/C=C\C/C=C\CC. The number of carbonyl (C=O) groups is 3. The summed E-state index contributed by atoms with van der Waals surface area (Å²) in [6.45, 7) is 6.34. The lowest BCUT2D eigenvalue weighted by Gasteiger charge is -2.18. The van der Waals surface area contributed by atoms with Crippen LogP contribution in [-0.4, -0.2) is 37.2 Å². The maximum absolute atomic E-state index is 12.8. The molecule has 0 aliphatic rings. The zero-order valence-electron chi connectivity index (χ0n) is 42.0. The zero-order chi connectivity index (χ0) is 47.2. The van der Waals surface area contributed by atoms with Crippen LogP contribution in [-0.2, 0) is 28.6 Å². The second-order valence-electron chi connectivity index (χ2n) is 17.0. The summed E-state index contributed by atoms with van der Waals surface area (Å²) in [4.78, 5) is 37.9. The molecule has 0 aromatic carbocycles. The average molecular weight is 901 g/mol. The highest BCUT2D eigenvalue weighted by Crippen LogP contribution is 2.13. The van der Waals surface area contributed by atoms with Gasteiger partial charge in [0.2, 0.25) is 0 Å². The number of hydrogen-bond acceptors (Lipinski definition) is 6. The van der Waals surface area contributed by atoms with Gasteiger partial charge in [-0.1, -0.05) is 214 Å². The molecule has 0 bridgehead atoms. The molecule has 368 valence electrons. The Balaban J connectivity index is 4.39. The molecule has 0 spiro atoms. The molecule has 0 aliphatic heterocycles. The van der Waals surface area contributed by atoms with E-state index in [4.69, 9.17) is 14.2 Å². The fraction of sp³-hybridized carbons (Fsp3) is 0.644. The number of hydrogen-bond donors (Lipinski definition) is 0. The Morgan fingerprint density at radius 1 is 0.323 bits per heavy atom. The van der Waals surface area contributed by atoms with Crippen molar-refractivity contribution in [3.05, 3.63) is 109 Å². The summed E-state index contributed by atoms with van der Waals surface area (Å²) in [5, 5.41) is 0. The molecule has 0 N–H and O–H groups in total. The summed E-state index contributed by atoms with van der Waals surface area (Å²) in [6, 6.07) is 0. The number of allylic oxidation sites excluding steroid dienone is 18. The van der Waals surface area contributed by atoms with E-state index in [1.54, 1.807) is 0 Å². The Morgan fingerprint density at radius 2 is 0.600 bits per heavy atom. The third-order valence-corrected chi connectivity index (χ3v) is 10.8. The highest BCUT2D eigenvalue weighted by atomic mass is 16.6. The molecule has 0 amide bonds. The average Bonchev–Trinajstić information content (AvgIpc) is 3.30. The van der Waals surface area contributed by atoms with Crippen LogP contribution in [0, 0.1) is 0 Å². The summed E-state index contributed by atoms with van der Waals surface area (Å²) in [5.41, 5.74) is 0. The lowest BCUT2D eigenvalue weighted by atomic mass is 10.1. The quantitative estimate of drug-likeness (QED) is 0.0262. The number of unbranched alkanes of at least 4 members (excludes halogenated alkanes) is 17. The van der Waals surface area contributed by atoms with Crippen LogP contribution >= 0.6 is 0 Å². The molecule has 6 nitrogen and oxygen atoms in total. The first-order valence-corrected chi connectivity index (χ1v) is 26.4. The van der Waals surface area contributed by atoms with Gasteiger partial charge in [-0.05, 0) is 103 Å². The van der Waals surface area contributed by atoms with Gasteiger partial charge in [0.1, 0.15) is 13.2 Å². The first-order valence-electron chi connectivity index (χ1n) is 26.4. The van der Waals surface area contributed by atoms with Crippen molar-refractivity contribution in [1.82, 2.24) is 0 Å². The molecule has 0 saturated carbocycles. The van der Waals surface area contributed by atoms with Gasteiger partial charge in [0, 0.05) is 19.3 Å². The largest absolute Gasteiger partial charge is 0.462 e. The van der Waals surface area contributed by atoms with Gasteiger partial charge < -0.3 is 14.2 Å². The fourth-order valence-corrected chi connectivity index (χ4v) is 6.87. The fourth-order valence-electron chi connectivity index (χ4n) is 6.87. The summed E-state index contributed by atoms with van der Waals surface area (Å²) < 4.78 is 16.7. The normalized spacial score (nSPS) is 13.0. The Morgan fingerprint density at radius 3 is 0.938 bits per heavy atom. The van der Waals surface area contributed by atoms with Crippen LogP contribution in [0.5, 0.6) is 0 Å². The van der Waals surface area contributed by atoms with E-state index in [2.05, 4.69) is 130 Å². The topological polar surface area (TPSA) is 78.9 Å². The first-order chi connectivity index (χ1) is 32.0. The van der Waals surface area contributed by atoms with E-state index < -0.39 is 6.10 Å². The van der Waals surface area contributed by atoms with Gasteiger partial charge >= 0.3 is 17.9 Å². The molecule has 6 heteroatoms. The molecule has 65 heavy (non-hydrogen) atoms. The number of ether oxygens (including phenoxy) is 3. The van der Waals surface area contributed by atoms with Crippen LogP contribution in [0.15, 0.2) is 109 Å². The van der Waals surface area contributed by atoms with Crippen molar-refractivity contribution in [1.29, 1.82) is 0 Å². The van der Waals surface area contributed by atoms with Gasteiger partial charge in [0.15, 0.2) is 6.10 Å². The number of carbonyl (C=O) groups excluding carboxylic acids is 3. The molecule has 0 aromatic rings. The van der Waals surface area contributed by atoms with Crippen LogP contribution < -0.4 is 0 Å². The van der Waals surface area contributed by atoms with Gasteiger partial charge in [-0.2, -0.15) is 0 Å². The van der Waals surface area contributed by atoms with E-state index in [1.165, 1.54) is 38.5 Å². The molecule has 0 saturated heterocycles. The van der Waals surface area contributed by atoms with E-state index in [1.807, 2.05) is 0 Å². The van der Waals surface area contributed by atoms with Crippen molar-refractivity contribution in [2.45, 2.75) is 232 Å². The van der Waals surface area contributed by atoms with Gasteiger partial charge in [0.05, 0.1) is 0 Å². The predicted molar refractivity (Wildman–Crippen MR) is 279 cm³/mol. The van der Waals surface area contributed by atoms with Crippen molar-refractivity contribution < 1.29 is 28.6 Å². The van der Waals surface area contributed by atoms with E-state index in [0.717, 1.165) is 148 Å². The van der Waals surface area contributed by atoms with Gasteiger partial charge in [-0.3, -0.25) is 14.4 Å². The lowest BCUT2D eigenvalue weighted by Crippen LogP contribution is -2.30. The molecule has 0 aromatic heterocycles. The van der Waals surface area contributed by atoms with Crippen molar-refractivity contribution >= 4 is 17.9 Å². The molecule has 0 radical (unpaired) electrons. The first kappa shape index (κ1) is 61.1. The highest BCUT2D eigenvalue weighted by Gasteiger charge is 2.19. The van der Waals surface area contributed by atoms with Crippen molar-refractivity contribution in [3.8, 4) is 0 Å². The summed E-state index contributed by atoms with van der Waals surface area (Å²) in [5.74, 6) is -0.945. The van der Waals surface area contributed by atoms with Crippen LogP contribution in [0.4, 0.5) is 0 Å². The minimum absolute atomic E-state index is 0.0942. The Labute approximate surface area is 400 Å². The standard InChI is InChI=1S/C59H96O6/c1-4-7-10-13-16-19-21-23-25-26-27-28-29-30-31-32-34-35-37-40-43-46-49-52-58(61)64-55-56(54-63-57(60)51-48-45-42-39-18-15-12-9-6-3)65-59(62)53-50-47-44-41-38-36-33-24-22-20-17-14-11-8-5-2/h7-8,10-11,16-17,19-20,23-25,27-28,30-31,33-35,56H,4-6,9,12-15,18,21-22,26,29,32,36-55H2,1-3H3/b10-7-,11-8-,19-16-,20-17-,25-23-,28-27-,31-30-,33-24-,35-34-. The maximum Gasteiger partial charge on any atom is 0.306 e. The maximum atomic E-state index is 12.8. The molecule has 0 rings (SSSR count). The molecule has 0 heterocycles. The Bertz CT molecular complexity index is 1360. The molecule has 1 atom stereocenters. The lowest BCUT2D eigenvalue weighted by molar-refractivity contribution is -0.167. The van der Waals surface area contributed by atoms with Crippen LogP contribution in [0.3, 0.4) is 0 Å². The molecular formula is C59H96O6. The summed E-state index contributed by atoms with van der Waals surface area (Å²) in [7, 11) is 0. The van der Waals surface area contributed by atoms with Crippen molar-refractivity contribution in [3.63, 3.8) is 0 Å². The monoisotopic (exact) mass is 901 g/mol. The van der Waals surface area contributed by atoms with E-state index >= 15 is 0 Å². The summed E-state index contributed by atoms with van der Waals surface area (Å²) >= 11 is 0. The minimum Gasteiger partial charge on any atom is -0.462 e. The molecule has 0 fully saturated rings. The van der Waals surface area contributed by atoms with E-state index in [0.29, 0.717) is 19.3 Å². The van der Waals surface area contributed by atoms with Gasteiger partial charge in [0.25, 0.3) is 0 Å².